The summed E-state index contributed by atoms with van der Waals surface area (Å²) in [5, 5.41) is 5.86. The highest BCUT2D eigenvalue weighted by atomic mass is 16.5. The maximum absolute atomic E-state index is 11.7. The molecule has 100 valence electrons. The zero-order valence-corrected chi connectivity index (χ0v) is 11.1. The lowest BCUT2D eigenvalue weighted by Gasteiger charge is -2.09. The number of methoxy groups -OCH3 is 1. The number of anilines is 1. The third-order valence-corrected chi connectivity index (χ3v) is 2.18. The molecule has 6 nitrogen and oxygen atoms in total. The second-order valence-corrected chi connectivity index (χ2v) is 4.31. The van der Waals surface area contributed by atoms with Gasteiger partial charge in [0.1, 0.15) is 17.8 Å². The van der Waals surface area contributed by atoms with Crippen LogP contribution in [0.25, 0.3) is 0 Å². The van der Waals surface area contributed by atoms with Crippen molar-refractivity contribution < 1.29 is 9.53 Å². The molecule has 0 aromatic carbocycles. The predicted octanol–water partition coefficient (Wildman–Crippen LogP) is 0.921. The van der Waals surface area contributed by atoms with Crippen molar-refractivity contribution in [2.45, 2.75) is 13.8 Å². The van der Waals surface area contributed by atoms with Gasteiger partial charge in [-0.05, 0) is 5.92 Å². The van der Waals surface area contributed by atoms with Crippen LogP contribution in [0.2, 0.25) is 0 Å². The van der Waals surface area contributed by atoms with Crippen molar-refractivity contribution in [2.24, 2.45) is 5.92 Å². The van der Waals surface area contributed by atoms with Gasteiger partial charge in [0.2, 0.25) is 0 Å². The Morgan fingerprint density at radius 1 is 1.44 bits per heavy atom. The van der Waals surface area contributed by atoms with Crippen LogP contribution < -0.4 is 10.6 Å². The fourth-order valence-corrected chi connectivity index (χ4v) is 1.24. The average molecular weight is 252 g/mol. The lowest BCUT2D eigenvalue weighted by atomic mass is 10.2. The van der Waals surface area contributed by atoms with E-state index in [2.05, 4.69) is 34.4 Å². The van der Waals surface area contributed by atoms with Gasteiger partial charge in [0.15, 0.2) is 0 Å². The molecule has 0 unspecified atom stereocenters. The summed E-state index contributed by atoms with van der Waals surface area (Å²) in [6.07, 6.45) is 1.38. The minimum absolute atomic E-state index is 0.220. The summed E-state index contributed by atoms with van der Waals surface area (Å²) in [5.74, 6) is 0.955. The van der Waals surface area contributed by atoms with E-state index in [0.717, 1.165) is 6.54 Å². The van der Waals surface area contributed by atoms with E-state index in [4.69, 9.17) is 4.74 Å². The topological polar surface area (TPSA) is 76.1 Å². The average Bonchev–Trinajstić information content (AvgIpc) is 2.37. The molecule has 1 heterocycles. The molecule has 6 heteroatoms. The first-order valence-electron chi connectivity index (χ1n) is 5.96. The Morgan fingerprint density at radius 2 is 2.22 bits per heavy atom. The molecule has 2 N–H and O–H groups in total. The monoisotopic (exact) mass is 252 g/mol. The molecule has 0 aliphatic heterocycles. The molecule has 0 spiro atoms. The van der Waals surface area contributed by atoms with Crippen LogP contribution in [-0.4, -0.2) is 42.7 Å². The van der Waals surface area contributed by atoms with E-state index in [1.54, 1.807) is 13.2 Å². The molecule has 0 atom stereocenters. The van der Waals surface area contributed by atoms with Gasteiger partial charge in [0.05, 0.1) is 6.61 Å². The van der Waals surface area contributed by atoms with Crippen molar-refractivity contribution in [2.75, 3.05) is 32.1 Å². The summed E-state index contributed by atoms with van der Waals surface area (Å²) in [4.78, 5) is 19.7. The maximum atomic E-state index is 11.7. The third-order valence-electron chi connectivity index (χ3n) is 2.18. The second kappa shape index (κ2) is 7.60. The van der Waals surface area contributed by atoms with Gasteiger partial charge in [0.25, 0.3) is 5.91 Å². The van der Waals surface area contributed by atoms with Crippen LogP contribution in [0.5, 0.6) is 0 Å². The second-order valence-electron chi connectivity index (χ2n) is 4.31. The third kappa shape index (κ3) is 5.09. The van der Waals surface area contributed by atoms with Crippen molar-refractivity contribution in [3.8, 4) is 0 Å². The zero-order chi connectivity index (χ0) is 13.4. The molecule has 18 heavy (non-hydrogen) atoms. The van der Waals surface area contributed by atoms with Crippen LogP contribution in [0.1, 0.15) is 24.3 Å². The number of carbonyl (C=O) groups excluding carboxylic acids is 1. The standard InChI is InChI=1S/C12H20N4O2/c1-9(2)7-14-11-6-10(15-8-16-11)12(17)13-4-5-18-3/h6,8-9H,4-5,7H2,1-3H3,(H,13,17)(H,14,15,16). The van der Waals surface area contributed by atoms with Gasteiger partial charge in [-0.3, -0.25) is 4.79 Å². The number of carbonyl (C=O) groups is 1. The van der Waals surface area contributed by atoms with Crippen LogP contribution in [-0.2, 0) is 4.74 Å². The van der Waals surface area contributed by atoms with Gasteiger partial charge in [-0.25, -0.2) is 9.97 Å². The summed E-state index contributed by atoms with van der Waals surface area (Å²) in [6.45, 7) is 5.96. The molecule has 0 aliphatic rings. The molecule has 1 amide bonds. The molecule has 1 aromatic heterocycles. The molecule has 0 aliphatic carbocycles. The van der Waals surface area contributed by atoms with E-state index in [-0.39, 0.29) is 5.91 Å². The minimum Gasteiger partial charge on any atom is -0.383 e. The van der Waals surface area contributed by atoms with Crippen LogP contribution in [0.3, 0.4) is 0 Å². The van der Waals surface area contributed by atoms with Crippen LogP contribution in [0, 0.1) is 5.92 Å². The first kappa shape index (κ1) is 14.4. The summed E-state index contributed by atoms with van der Waals surface area (Å²) in [6, 6.07) is 1.64. The van der Waals surface area contributed by atoms with E-state index in [9.17, 15) is 4.79 Å². The zero-order valence-electron chi connectivity index (χ0n) is 11.1. The Kier molecular flexibility index (Phi) is 6.07. The fourth-order valence-electron chi connectivity index (χ4n) is 1.24. The van der Waals surface area contributed by atoms with Crippen LogP contribution in [0.4, 0.5) is 5.82 Å². The number of nitrogens with one attached hydrogen (secondary N) is 2. The lowest BCUT2D eigenvalue weighted by molar-refractivity contribution is 0.0932. The van der Waals surface area contributed by atoms with Crippen LogP contribution >= 0.6 is 0 Å². The molecule has 0 fully saturated rings. The quantitative estimate of drug-likeness (QED) is 0.706. The number of amides is 1. The van der Waals surface area contributed by atoms with E-state index >= 15 is 0 Å². The SMILES string of the molecule is COCCNC(=O)c1cc(NCC(C)C)ncn1. The largest absolute Gasteiger partial charge is 0.383 e. The Bertz CT molecular complexity index is 382. The van der Waals surface area contributed by atoms with Gasteiger partial charge < -0.3 is 15.4 Å². The van der Waals surface area contributed by atoms with Gasteiger partial charge in [-0.2, -0.15) is 0 Å². The minimum atomic E-state index is -0.220. The summed E-state index contributed by atoms with van der Waals surface area (Å²) in [7, 11) is 1.59. The van der Waals surface area contributed by atoms with Crippen molar-refractivity contribution in [3.63, 3.8) is 0 Å². The highest BCUT2D eigenvalue weighted by molar-refractivity contribution is 5.92. The Balaban J connectivity index is 2.55. The van der Waals surface area contributed by atoms with Gasteiger partial charge in [-0.15, -0.1) is 0 Å². The highest BCUT2D eigenvalue weighted by Gasteiger charge is 2.08. The number of nitrogens with zero attached hydrogens (tertiary/aromatic N) is 2. The number of ether oxygens (including phenoxy) is 1. The summed E-state index contributed by atoms with van der Waals surface area (Å²) >= 11 is 0. The lowest BCUT2D eigenvalue weighted by Crippen LogP contribution is -2.27. The molecular weight excluding hydrogens is 232 g/mol. The van der Waals surface area contributed by atoms with Crippen molar-refractivity contribution in [1.82, 2.24) is 15.3 Å². The Morgan fingerprint density at radius 3 is 2.89 bits per heavy atom. The fraction of sp³-hybridized carbons (Fsp3) is 0.583. The van der Waals surface area contributed by atoms with Crippen molar-refractivity contribution in [1.29, 1.82) is 0 Å². The predicted molar refractivity (Wildman–Crippen MR) is 69.6 cm³/mol. The summed E-state index contributed by atoms with van der Waals surface area (Å²) < 4.78 is 4.86. The van der Waals surface area contributed by atoms with E-state index in [0.29, 0.717) is 30.6 Å². The van der Waals surface area contributed by atoms with E-state index in [1.165, 1.54) is 6.33 Å². The van der Waals surface area contributed by atoms with E-state index in [1.807, 2.05) is 0 Å². The molecule has 1 rings (SSSR count). The first-order chi connectivity index (χ1) is 8.63. The molecular formula is C12H20N4O2. The molecule has 0 saturated carbocycles. The maximum Gasteiger partial charge on any atom is 0.270 e. The highest BCUT2D eigenvalue weighted by Crippen LogP contribution is 2.05. The number of aromatic nitrogens is 2. The van der Waals surface area contributed by atoms with Gasteiger partial charge >= 0.3 is 0 Å². The number of hydrogen-bond acceptors (Lipinski definition) is 5. The Hall–Kier alpha value is -1.69. The molecule has 0 saturated heterocycles. The van der Waals surface area contributed by atoms with Crippen molar-refractivity contribution in [3.05, 3.63) is 18.1 Å². The normalized spacial score (nSPS) is 10.4. The smallest absolute Gasteiger partial charge is 0.270 e. The Labute approximate surface area is 107 Å². The first-order valence-corrected chi connectivity index (χ1v) is 5.96. The van der Waals surface area contributed by atoms with Crippen molar-refractivity contribution >= 4 is 11.7 Å². The molecule has 0 radical (unpaired) electrons. The van der Waals surface area contributed by atoms with E-state index < -0.39 is 0 Å². The molecule has 1 aromatic rings. The number of hydrogen-bond donors (Lipinski definition) is 2. The van der Waals surface area contributed by atoms with Crippen LogP contribution in [0.15, 0.2) is 12.4 Å². The van der Waals surface area contributed by atoms with Gasteiger partial charge in [-0.1, -0.05) is 13.8 Å². The van der Waals surface area contributed by atoms with Gasteiger partial charge in [0, 0.05) is 26.3 Å². The molecule has 0 bridgehead atoms. The summed E-state index contributed by atoms with van der Waals surface area (Å²) in [5.41, 5.74) is 0.354. The number of rotatable bonds is 7.